The van der Waals surface area contributed by atoms with E-state index in [-0.39, 0.29) is 22.8 Å². The van der Waals surface area contributed by atoms with Crippen LogP contribution in [0.3, 0.4) is 0 Å². The molecule has 3 atom stereocenters. The van der Waals surface area contributed by atoms with Gasteiger partial charge in [-0.1, -0.05) is 42.5 Å². The van der Waals surface area contributed by atoms with Crippen LogP contribution in [0.1, 0.15) is 30.9 Å². The van der Waals surface area contributed by atoms with Crippen molar-refractivity contribution in [1.29, 1.82) is 5.41 Å². The number of amidine groups is 1. The van der Waals surface area contributed by atoms with Gasteiger partial charge in [0.05, 0.1) is 18.4 Å². The van der Waals surface area contributed by atoms with Gasteiger partial charge in [0.1, 0.15) is 5.84 Å². The molecule has 2 aromatic rings. The van der Waals surface area contributed by atoms with E-state index in [0.29, 0.717) is 16.0 Å². The molecule has 0 bridgehead atoms. The molecule has 2 aromatic carbocycles. The topological polar surface area (TPSA) is 225 Å². The maximum Gasteiger partial charge on any atom is 0.360 e. The van der Waals surface area contributed by atoms with E-state index >= 15 is 0 Å². The summed E-state index contributed by atoms with van der Waals surface area (Å²) in [5.74, 6) is -9.25. The first-order chi connectivity index (χ1) is 18.3. The highest BCUT2D eigenvalue weighted by Crippen LogP contribution is 2.36. The third kappa shape index (κ3) is 5.38. The lowest BCUT2D eigenvalue weighted by atomic mass is 9.95. The molecule has 3 amide bonds. The van der Waals surface area contributed by atoms with Gasteiger partial charge in [-0.05, 0) is 31.0 Å². The van der Waals surface area contributed by atoms with Crippen molar-refractivity contribution in [3.8, 4) is 0 Å². The summed E-state index contributed by atoms with van der Waals surface area (Å²) in [5.41, 5.74) is 8.91. The second-order valence-corrected chi connectivity index (χ2v) is 9.03. The van der Waals surface area contributed by atoms with Crippen LogP contribution < -0.4 is 16.4 Å². The van der Waals surface area contributed by atoms with Crippen molar-refractivity contribution in [3.63, 3.8) is 0 Å². The zero-order chi connectivity index (χ0) is 29.1. The molecule has 39 heavy (non-hydrogen) atoms. The Hall–Kier alpha value is -4.91. The van der Waals surface area contributed by atoms with Crippen LogP contribution in [0.5, 0.6) is 0 Å². The SMILES string of the molecule is CC(=O)[C@](C(=O)O)(N1C(=O)CC(Cc2ccc(C(=N)N)cc2)C1=O)N(C(=O)[C@@H](N)CC(=O)O)c1ccccc1. The summed E-state index contributed by atoms with van der Waals surface area (Å²) < 4.78 is 0. The number of imide groups is 1. The minimum Gasteiger partial charge on any atom is -0.481 e. The van der Waals surface area contributed by atoms with Crippen molar-refractivity contribution >= 4 is 47.0 Å². The quantitative estimate of drug-likeness (QED) is 0.112. The number of anilines is 1. The number of nitrogens with two attached hydrogens (primary N) is 2. The van der Waals surface area contributed by atoms with Crippen molar-refractivity contribution < 1.29 is 39.0 Å². The fraction of sp³-hybridized carbons (Fsp3) is 0.269. The lowest BCUT2D eigenvalue weighted by Gasteiger charge is -2.44. The van der Waals surface area contributed by atoms with Crippen molar-refractivity contribution in [1.82, 2.24) is 4.90 Å². The van der Waals surface area contributed by atoms with E-state index in [0.717, 1.165) is 6.92 Å². The van der Waals surface area contributed by atoms with Crippen molar-refractivity contribution in [2.45, 2.75) is 37.9 Å². The number of nitrogens with zero attached hydrogens (tertiary/aromatic N) is 2. The largest absolute Gasteiger partial charge is 0.481 e. The number of Topliss-reactive ketones (excluding diaryl/α,β-unsaturated/α-hetero) is 1. The highest BCUT2D eigenvalue weighted by molar-refractivity contribution is 6.23. The number of para-hydroxylation sites is 1. The number of ketones is 1. The lowest BCUT2D eigenvalue weighted by Crippen LogP contribution is -2.74. The summed E-state index contributed by atoms with van der Waals surface area (Å²) in [6, 6.07) is 11.4. The van der Waals surface area contributed by atoms with E-state index in [4.69, 9.17) is 22.0 Å². The molecule has 13 nitrogen and oxygen atoms in total. The van der Waals surface area contributed by atoms with E-state index in [2.05, 4.69) is 0 Å². The van der Waals surface area contributed by atoms with Gasteiger partial charge < -0.3 is 21.7 Å². The Morgan fingerprint density at radius 2 is 1.67 bits per heavy atom. The first-order valence-corrected chi connectivity index (χ1v) is 11.7. The predicted octanol–water partition coefficient (Wildman–Crippen LogP) is 0.0934. The van der Waals surface area contributed by atoms with Gasteiger partial charge in [-0.2, -0.15) is 0 Å². The average molecular weight is 538 g/mol. The van der Waals surface area contributed by atoms with Gasteiger partial charge in [0.15, 0.2) is 5.78 Å². The Labute approximate surface area is 222 Å². The Bertz CT molecular complexity index is 1330. The third-order valence-electron chi connectivity index (χ3n) is 6.37. The fourth-order valence-electron chi connectivity index (χ4n) is 4.55. The molecule has 0 radical (unpaired) electrons. The number of nitrogen functional groups attached to an aromatic ring is 1. The molecule has 3 rings (SSSR count). The number of benzene rings is 2. The standard InChI is InChI=1S/C26H27N5O8/c1-14(32)26(25(38)39,30(18-5-3-2-4-6-18)24(37)19(27)13-21(34)35)31-20(33)12-17(23(31)36)11-15-7-9-16(10-8-15)22(28)29/h2-10,17,19H,11-13,27H2,1H3,(H3,28,29)(H,34,35)(H,38,39)/t17?,19-,26+/m0/s1. The van der Waals surface area contributed by atoms with Gasteiger partial charge in [-0.3, -0.25) is 34.3 Å². The monoisotopic (exact) mass is 537 g/mol. The number of nitrogens with one attached hydrogen (secondary N) is 1. The number of likely N-dealkylation sites (tertiary alicyclic amines) is 1. The molecule has 1 unspecified atom stereocenters. The van der Waals surface area contributed by atoms with E-state index in [1.54, 1.807) is 30.3 Å². The second kappa shape index (κ2) is 11.2. The number of rotatable bonds is 11. The molecule has 13 heteroatoms. The van der Waals surface area contributed by atoms with Gasteiger partial charge in [-0.15, -0.1) is 0 Å². The van der Waals surface area contributed by atoms with Crippen molar-refractivity contribution in [2.75, 3.05) is 4.90 Å². The molecule has 1 aliphatic heterocycles. The Morgan fingerprint density at radius 3 is 2.15 bits per heavy atom. The zero-order valence-electron chi connectivity index (χ0n) is 20.9. The van der Waals surface area contributed by atoms with Crippen LogP contribution in [-0.4, -0.2) is 68.1 Å². The highest BCUT2D eigenvalue weighted by atomic mass is 16.4. The smallest absolute Gasteiger partial charge is 0.360 e. The molecular weight excluding hydrogens is 510 g/mol. The Morgan fingerprint density at radius 1 is 1.08 bits per heavy atom. The van der Waals surface area contributed by atoms with Crippen LogP contribution >= 0.6 is 0 Å². The minimum absolute atomic E-state index is 0.00925. The summed E-state index contributed by atoms with van der Waals surface area (Å²) in [6.45, 7) is 0.814. The van der Waals surface area contributed by atoms with E-state index in [1.807, 2.05) is 0 Å². The highest BCUT2D eigenvalue weighted by Gasteiger charge is 2.63. The van der Waals surface area contributed by atoms with Crippen LogP contribution in [0.25, 0.3) is 0 Å². The number of carbonyl (C=O) groups is 6. The maximum atomic E-state index is 13.6. The van der Waals surface area contributed by atoms with E-state index in [9.17, 15) is 33.9 Å². The van der Waals surface area contributed by atoms with Gasteiger partial charge >= 0.3 is 11.9 Å². The molecule has 0 saturated carbocycles. The molecule has 0 spiro atoms. The van der Waals surface area contributed by atoms with E-state index in [1.165, 1.54) is 24.3 Å². The van der Waals surface area contributed by atoms with Gasteiger partial charge in [-0.25, -0.2) is 9.69 Å². The zero-order valence-corrected chi connectivity index (χ0v) is 20.9. The average Bonchev–Trinajstić information content (AvgIpc) is 3.14. The number of hydrogen-bond acceptors (Lipinski definition) is 8. The van der Waals surface area contributed by atoms with Crippen LogP contribution in [0, 0.1) is 11.3 Å². The molecule has 1 fully saturated rings. The fourth-order valence-corrected chi connectivity index (χ4v) is 4.55. The molecule has 1 heterocycles. The summed E-state index contributed by atoms with van der Waals surface area (Å²) >= 11 is 0. The Balaban J connectivity index is 2.13. The molecule has 1 saturated heterocycles. The van der Waals surface area contributed by atoms with Crippen LogP contribution in [0.2, 0.25) is 0 Å². The summed E-state index contributed by atoms with van der Waals surface area (Å²) in [5, 5.41) is 27.1. The number of amides is 3. The minimum atomic E-state index is -3.17. The van der Waals surface area contributed by atoms with Crippen molar-refractivity contribution in [2.24, 2.45) is 17.4 Å². The first-order valence-electron chi connectivity index (χ1n) is 11.7. The number of aliphatic carboxylic acids is 2. The molecule has 0 aliphatic carbocycles. The molecular formula is C26H27N5O8. The maximum absolute atomic E-state index is 13.6. The van der Waals surface area contributed by atoms with Gasteiger partial charge in [0.25, 0.3) is 5.66 Å². The number of carbonyl (C=O) groups excluding carboxylic acids is 4. The van der Waals surface area contributed by atoms with Crippen molar-refractivity contribution in [3.05, 3.63) is 65.7 Å². The summed E-state index contributed by atoms with van der Waals surface area (Å²) in [4.78, 5) is 78.5. The molecule has 0 aromatic heterocycles. The third-order valence-corrected chi connectivity index (χ3v) is 6.37. The van der Waals surface area contributed by atoms with E-state index < -0.39 is 65.9 Å². The van der Waals surface area contributed by atoms with Crippen LogP contribution in [0.4, 0.5) is 5.69 Å². The predicted molar refractivity (Wildman–Crippen MR) is 136 cm³/mol. The summed E-state index contributed by atoms with van der Waals surface area (Å²) in [7, 11) is 0. The summed E-state index contributed by atoms with van der Waals surface area (Å²) in [6.07, 6.45) is -1.37. The molecule has 1 aliphatic rings. The molecule has 204 valence electrons. The lowest BCUT2D eigenvalue weighted by molar-refractivity contribution is -0.168. The number of carboxylic acid groups (broad SMARTS) is 2. The van der Waals surface area contributed by atoms with Gasteiger partial charge in [0.2, 0.25) is 17.7 Å². The first kappa shape index (κ1) is 28.7. The van der Waals surface area contributed by atoms with Crippen LogP contribution in [0.15, 0.2) is 54.6 Å². The van der Waals surface area contributed by atoms with Gasteiger partial charge in [0, 0.05) is 17.7 Å². The second-order valence-electron chi connectivity index (χ2n) is 9.03. The number of hydrogen-bond donors (Lipinski definition) is 5. The normalized spacial score (nSPS) is 17.3. The molecule has 7 N–H and O–H groups in total. The number of carboxylic acids is 2. The Kier molecular flexibility index (Phi) is 8.25. The van der Waals surface area contributed by atoms with Crippen LogP contribution in [-0.2, 0) is 35.2 Å².